The molecule has 0 bridgehead atoms. The third-order valence-electron chi connectivity index (χ3n) is 5.04. The molecule has 0 aliphatic heterocycles. The number of methoxy groups -OCH3 is 1. The summed E-state index contributed by atoms with van der Waals surface area (Å²) in [4.78, 5) is 33.5. The van der Waals surface area contributed by atoms with E-state index in [-0.39, 0.29) is 34.8 Å². The summed E-state index contributed by atoms with van der Waals surface area (Å²) in [6.45, 7) is -2.76. The van der Waals surface area contributed by atoms with Crippen LogP contribution in [-0.4, -0.2) is 62.8 Å². The Balaban J connectivity index is 1.71. The largest absolute Gasteiger partial charge is 0.494 e. The van der Waals surface area contributed by atoms with Crippen LogP contribution >= 0.6 is 0 Å². The number of anilines is 3. The Morgan fingerprint density at radius 2 is 1.97 bits per heavy atom. The number of nitrogens with one attached hydrogen (secondary N) is 3. The van der Waals surface area contributed by atoms with E-state index in [0.717, 1.165) is 12.8 Å². The predicted molar refractivity (Wildman–Crippen MR) is 136 cm³/mol. The fraction of sp³-hybridized carbons (Fsp3) is 0.304. The molecule has 13 heteroatoms. The molecule has 1 aromatic carbocycles. The van der Waals surface area contributed by atoms with Gasteiger partial charge in [-0.25, -0.2) is 9.19 Å². The molecule has 2 heterocycles. The van der Waals surface area contributed by atoms with Gasteiger partial charge in [-0.15, -0.1) is 10.2 Å². The van der Waals surface area contributed by atoms with Crippen LogP contribution in [0, 0.1) is 5.92 Å². The van der Waals surface area contributed by atoms with Crippen LogP contribution < -0.4 is 20.7 Å². The van der Waals surface area contributed by atoms with Crippen LogP contribution in [-0.2, 0) is 14.5 Å². The number of benzene rings is 1. The highest BCUT2D eigenvalue weighted by molar-refractivity contribution is 7.92. The van der Waals surface area contributed by atoms with Crippen molar-refractivity contribution >= 4 is 44.6 Å². The van der Waals surface area contributed by atoms with Gasteiger partial charge in [-0.05, 0) is 25.0 Å². The number of rotatable bonds is 8. The first kappa shape index (κ1) is 21.2. The molecule has 1 saturated carbocycles. The Kier molecular flexibility index (Phi) is 6.02. The van der Waals surface area contributed by atoms with E-state index in [1.54, 1.807) is 18.2 Å². The standard InChI is InChI=1S/C23H26N8O4S/c1-24-23(33)20-16(10-18(29-30-20)28-22(32)13-8-9-13)27-15-7-5-6-14(21(15)35-2)17-11-26-19(12-25-17)31-36(3,4)34/h5-7,10-13H,8-9H2,1-4H3,(H,24,33)(H2,27,28,29,32)/i1D3. The molecule has 1 fully saturated rings. The molecule has 0 atom stereocenters. The third kappa shape index (κ3) is 5.92. The van der Waals surface area contributed by atoms with Gasteiger partial charge in [0.05, 0.1) is 36.6 Å². The van der Waals surface area contributed by atoms with Crippen molar-refractivity contribution < 1.29 is 22.6 Å². The van der Waals surface area contributed by atoms with Crippen LogP contribution in [0.2, 0.25) is 0 Å². The molecule has 0 radical (unpaired) electrons. The highest BCUT2D eigenvalue weighted by atomic mass is 32.2. The second kappa shape index (κ2) is 10.2. The van der Waals surface area contributed by atoms with E-state index in [2.05, 4.69) is 35.2 Å². The molecule has 2 amide bonds. The number of para-hydroxylation sites is 1. The molecular formula is C23H26N8O4S. The van der Waals surface area contributed by atoms with Gasteiger partial charge in [-0.2, -0.15) is 4.36 Å². The summed E-state index contributed by atoms with van der Waals surface area (Å²) >= 11 is 0. The first-order valence-electron chi connectivity index (χ1n) is 12.3. The average molecular weight is 514 g/mol. The van der Waals surface area contributed by atoms with Gasteiger partial charge in [0, 0.05) is 50.9 Å². The number of amides is 2. The van der Waals surface area contributed by atoms with Crippen molar-refractivity contribution in [3.8, 4) is 17.0 Å². The maximum absolute atomic E-state index is 12.7. The average Bonchev–Trinajstić information content (AvgIpc) is 3.68. The fourth-order valence-electron chi connectivity index (χ4n) is 3.28. The highest BCUT2D eigenvalue weighted by Crippen LogP contribution is 2.38. The Labute approximate surface area is 212 Å². The van der Waals surface area contributed by atoms with Gasteiger partial charge in [0.2, 0.25) is 5.91 Å². The molecule has 188 valence electrons. The molecule has 0 saturated heterocycles. The molecular weight excluding hydrogens is 484 g/mol. The van der Waals surface area contributed by atoms with Gasteiger partial charge in [0.25, 0.3) is 5.91 Å². The minimum Gasteiger partial charge on any atom is -0.494 e. The van der Waals surface area contributed by atoms with Crippen molar-refractivity contribution in [2.75, 3.05) is 37.2 Å². The van der Waals surface area contributed by atoms with Gasteiger partial charge in [0.1, 0.15) is 0 Å². The first-order chi connectivity index (χ1) is 18.3. The van der Waals surface area contributed by atoms with E-state index in [1.807, 2.05) is 5.32 Å². The number of hydrogen-bond donors (Lipinski definition) is 3. The summed E-state index contributed by atoms with van der Waals surface area (Å²) in [5.41, 5.74) is 1.11. The molecule has 0 spiro atoms. The number of ether oxygens (including phenoxy) is 1. The summed E-state index contributed by atoms with van der Waals surface area (Å²) in [5, 5.41) is 15.3. The van der Waals surface area contributed by atoms with Crippen LogP contribution in [0.15, 0.2) is 41.0 Å². The Bertz CT molecular complexity index is 1530. The van der Waals surface area contributed by atoms with E-state index < -0.39 is 22.6 Å². The summed E-state index contributed by atoms with van der Waals surface area (Å²) in [6, 6.07) is 6.49. The number of aromatic nitrogens is 4. The minimum absolute atomic E-state index is 0.0779. The predicted octanol–water partition coefficient (Wildman–Crippen LogP) is 2.75. The summed E-state index contributed by atoms with van der Waals surface area (Å²) < 4.78 is 43.7. The highest BCUT2D eigenvalue weighted by Gasteiger charge is 2.30. The summed E-state index contributed by atoms with van der Waals surface area (Å²) in [6.07, 6.45) is 7.39. The van der Waals surface area contributed by atoms with E-state index in [4.69, 9.17) is 8.85 Å². The van der Waals surface area contributed by atoms with Crippen LogP contribution in [0.25, 0.3) is 11.3 Å². The molecule has 0 unspecified atom stereocenters. The Hall–Kier alpha value is -4.13. The maximum atomic E-state index is 12.7. The van der Waals surface area contributed by atoms with Gasteiger partial charge >= 0.3 is 0 Å². The Morgan fingerprint density at radius 1 is 1.17 bits per heavy atom. The molecule has 1 aliphatic carbocycles. The smallest absolute Gasteiger partial charge is 0.273 e. The minimum atomic E-state index is -2.76. The number of nitrogens with zero attached hydrogens (tertiary/aromatic N) is 5. The maximum Gasteiger partial charge on any atom is 0.273 e. The second-order valence-electron chi connectivity index (χ2n) is 8.25. The van der Waals surface area contributed by atoms with E-state index >= 15 is 0 Å². The monoisotopic (exact) mass is 513 g/mol. The fourth-order valence-corrected chi connectivity index (χ4v) is 3.83. The molecule has 3 aromatic rings. The van der Waals surface area contributed by atoms with Crippen LogP contribution in [0.5, 0.6) is 5.75 Å². The van der Waals surface area contributed by atoms with Gasteiger partial charge in [0.15, 0.2) is 23.1 Å². The molecule has 36 heavy (non-hydrogen) atoms. The summed E-state index contributed by atoms with van der Waals surface area (Å²) in [5.74, 6) is -0.674. The van der Waals surface area contributed by atoms with Crippen molar-refractivity contribution in [1.82, 2.24) is 25.5 Å². The first-order valence-corrected chi connectivity index (χ1v) is 13.1. The van der Waals surface area contributed by atoms with Crippen LogP contribution in [0.3, 0.4) is 0 Å². The molecule has 12 nitrogen and oxygen atoms in total. The van der Waals surface area contributed by atoms with Gasteiger partial charge in [-0.3, -0.25) is 14.6 Å². The lowest BCUT2D eigenvalue weighted by atomic mass is 10.1. The quantitative estimate of drug-likeness (QED) is 0.411. The van der Waals surface area contributed by atoms with Gasteiger partial charge < -0.3 is 20.7 Å². The van der Waals surface area contributed by atoms with E-state index in [1.165, 1.54) is 38.1 Å². The molecule has 4 rings (SSSR count). The lowest BCUT2D eigenvalue weighted by molar-refractivity contribution is -0.117. The van der Waals surface area contributed by atoms with Crippen LogP contribution in [0.1, 0.15) is 27.4 Å². The van der Waals surface area contributed by atoms with Crippen molar-refractivity contribution in [3.63, 3.8) is 0 Å². The van der Waals surface area contributed by atoms with Crippen molar-refractivity contribution in [3.05, 3.63) is 42.4 Å². The summed E-state index contributed by atoms with van der Waals surface area (Å²) in [7, 11) is -0.968. The number of carbonyl (C=O) groups excluding carboxylic acids is 2. The number of carbonyl (C=O) groups is 2. The lowest BCUT2D eigenvalue weighted by Gasteiger charge is -2.16. The van der Waals surface area contributed by atoms with Crippen molar-refractivity contribution in [2.24, 2.45) is 10.3 Å². The molecule has 3 N–H and O–H groups in total. The van der Waals surface area contributed by atoms with E-state index in [9.17, 15) is 13.8 Å². The van der Waals surface area contributed by atoms with Crippen molar-refractivity contribution in [1.29, 1.82) is 0 Å². The SMILES string of the molecule is [2H]C([2H])([2H])NC(=O)c1nnc(NC(=O)C2CC2)cc1Nc1cccc(-c2cnc(N=S(C)(C)=O)cn2)c1OC. The van der Waals surface area contributed by atoms with Gasteiger partial charge in [-0.1, -0.05) is 6.07 Å². The zero-order valence-electron chi connectivity index (χ0n) is 22.7. The normalized spacial score (nSPS) is 14.6. The Morgan fingerprint density at radius 3 is 2.61 bits per heavy atom. The zero-order valence-corrected chi connectivity index (χ0v) is 20.5. The second-order valence-corrected chi connectivity index (χ2v) is 10.8. The number of hydrogen-bond acceptors (Lipinski definition) is 10. The van der Waals surface area contributed by atoms with E-state index in [0.29, 0.717) is 22.7 Å². The molecule has 1 aliphatic rings. The lowest BCUT2D eigenvalue weighted by Crippen LogP contribution is -2.22. The molecule has 2 aromatic heterocycles. The third-order valence-corrected chi connectivity index (χ3v) is 5.66. The van der Waals surface area contributed by atoms with Crippen LogP contribution in [0.4, 0.5) is 23.0 Å². The topological polar surface area (TPSA) is 160 Å². The van der Waals surface area contributed by atoms with Crippen molar-refractivity contribution in [2.45, 2.75) is 12.8 Å². The zero-order chi connectivity index (χ0) is 28.4.